The molecule has 0 aliphatic heterocycles. The second-order valence-corrected chi connectivity index (χ2v) is 4.55. The Labute approximate surface area is 102 Å². The number of aliphatic hydroxyl groups excluding tert-OH is 1. The quantitative estimate of drug-likeness (QED) is 0.828. The van der Waals surface area contributed by atoms with E-state index in [1.807, 2.05) is 0 Å². The summed E-state index contributed by atoms with van der Waals surface area (Å²) in [7, 11) is 0. The molecule has 0 bridgehead atoms. The molecule has 6 heteroatoms. The van der Waals surface area contributed by atoms with Gasteiger partial charge in [0.1, 0.15) is 5.75 Å². The minimum Gasteiger partial charge on any atom is -0.493 e. The maximum Gasteiger partial charge on any atom is 0.441 e. The monoisotopic (exact) mass is 266 g/mol. The summed E-state index contributed by atoms with van der Waals surface area (Å²) in [5.74, 6) is 0.314. The van der Waals surface area contributed by atoms with Crippen LogP contribution in [0.1, 0.15) is 18.6 Å². The maximum atomic E-state index is 11.8. The van der Waals surface area contributed by atoms with Crippen molar-refractivity contribution in [2.24, 2.45) is 0 Å². The first-order valence-corrected chi connectivity index (χ1v) is 5.98. The highest BCUT2D eigenvalue weighted by molar-refractivity contribution is 8.00. The Morgan fingerprint density at radius 1 is 1.41 bits per heavy atom. The number of ether oxygens (including phenoxy) is 1. The number of hydrogen-bond donors (Lipinski definition) is 1. The molecule has 2 nitrogen and oxygen atoms in total. The van der Waals surface area contributed by atoms with Crippen molar-refractivity contribution >= 4 is 11.8 Å². The molecule has 0 saturated carbocycles. The molecule has 1 aromatic rings. The molecule has 0 spiro atoms. The Balaban J connectivity index is 2.39. The van der Waals surface area contributed by atoms with E-state index in [2.05, 4.69) is 0 Å². The fraction of sp³-hybridized carbons (Fsp3) is 0.455. The number of halogens is 3. The van der Waals surface area contributed by atoms with Crippen molar-refractivity contribution in [3.05, 3.63) is 29.8 Å². The van der Waals surface area contributed by atoms with Gasteiger partial charge in [-0.3, -0.25) is 0 Å². The van der Waals surface area contributed by atoms with Gasteiger partial charge in [0.05, 0.1) is 12.7 Å². The molecule has 0 amide bonds. The number of benzene rings is 1. The fourth-order valence-corrected chi connectivity index (χ4v) is 1.58. The number of thioether (sulfide) groups is 1. The van der Waals surface area contributed by atoms with Crippen molar-refractivity contribution in [1.29, 1.82) is 0 Å². The normalized spacial score (nSPS) is 13.5. The summed E-state index contributed by atoms with van der Waals surface area (Å²) in [4.78, 5) is 0. The summed E-state index contributed by atoms with van der Waals surface area (Å²) < 4.78 is 40.6. The van der Waals surface area contributed by atoms with Gasteiger partial charge >= 0.3 is 5.51 Å². The molecule has 17 heavy (non-hydrogen) atoms. The van der Waals surface area contributed by atoms with Crippen LogP contribution in [0.5, 0.6) is 5.75 Å². The van der Waals surface area contributed by atoms with Gasteiger partial charge in [-0.05, 0) is 36.4 Å². The van der Waals surface area contributed by atoms with Crippen molar-refractivity contribution in [2.45, 2.75) is 18.5 Å². The van der Waals surface area contributed by atoms with Crippen LogP contribution in [0.15, 0.2) is 24.3 Å². The lowest BCUT2D eigenvalue weighted by Gasteiger charge is -2.10. The van der Waals surface area contributed by atoms with E-state index < -0.39 is 11.6 Å². The average Bonchev–Trinajstić information content (AvgIpc) is 2.23. The van der Waals surface area contributed by atoms with Crippen molar-refractivity contribution in [2.75, 3.05) is 12.4 Å². The van der Waals surface area contributed by atoms with Crippen LogP contribution in [0, 0.1) is 0 Å². The van der Waals surface area contributed by atoms with Crippen LogP contribution in [-0.2, 0) is 0 Å². The second kappa shape index (κ2) is 6.16. The minimum absolute atomic E-state index is 0.0204. The molecule has 0 aliphatic rings. The predicted molar refractivity (Wildman–Crippen MR) is 61.1 cm³/mol. The van der Waals surface area contributed by atoms with Gasteiger partial charge in [-0.1, -0.05) is 12.1 Å². The van der Waals surface area contributed by atoms with E-state index in [9.17, 15) is 18.3 Å². The molecule has 0 aliphatic carbocycles. The van der Waals surface area contributed by atoms with Gasteiger partial charge < -0.3 is 9.84 Å². The van der Waals surface area contributed by atoms with E-state index in [1.54, 1.807) is 31.2 Å². The molecular formula is C11H13F3O2S. The summed E-state index contributed by atoms with van der Waals surface area (Å²) >= 11 is -0.111. The van der Waals surface area contributed by atoms with Gasteiger partial charge in [-0.15, -0.1) is 0 Å². The zero-order valence-corrected chi connectivity index (χ0v) is 10.0. The zero-order chi connectivity index (χ0) is 12.9. The van der Waals surface area contributed by atoms with Crippen molar-refractivity contribution in [3.63, 3.8) is 0 Å². The first-order valence-electron chi connectivity index (χ1n) is 5.00. The molecule has 0 aromatic heterocycles. The van der Waals surface area contributed by atoms with E-state index in [1.165, 1.54) is 0 Å². The molecule has 1 rings (SSSR count). The summed E-state index contributed by atoms with van der Waals surface area (Å²) in [6, 6.07) is 6.67. The molecule has 1 N–H and O–H groups in total. The molecule has 96 valence electrons. The zero-order valence-electron chi connectivity index (χ0n) is 9.20. The predicted octanol–water partition coefficient (Wildman–Crippen LogP) is 3.37. The molecule has 1 aromatic carbocycles. The molecule has 0 saturated heterocycles. The van der Waals surface area contributed by atoms with Gasteiger partial charge in [0.2, 0.25) is 0 Å². The van der Waals surface area contributed by atoms with Gasteiger partial charge in [0.25, 0.3) is 0 Å². The third-order valence-electron chi connectivity index (χ3n) is 1.96. The SMILES string of the molecule is CC(O)c1cccc(OCCSC(F)(F)F)c1. The Bertz CT molecular complexity index is 353. The van der Waals surface area contributed by atoms with Crippen LogP contribution in [0.4, 0.5) is 13.2 Å². The smallest absolute Gasteiger partial charge is 0.441 e. The maximum absolute atomic E-state index is 11.8. The molecule has 0 fully saturated rings. The van der Waals surface area contributed by atoms with Gasteiger partial charge in [-0.25, -0.2) is 0 Å². The lowest BCUT2D eigenvalue weighted by molar-refractivity contribution is -0.0329. The highest BCUT2D eigenvalue weighted by Crippen LogP contribution is 2.29. The van der Waals surface area contributed by atoms with E-state index in [-0.39, 0.29) is 24.1 Å². The number of aliphatic hydroxyl groups is 1. The second-order valence-electron chi connectivity index (χ2n) is 3.39. The van der Waals surface area contributed by atoms with Gasteiger partial charge in [-0.2, -0.15) is 13.2 Å². The van der Waals surface area contributed by atoms with E-state index in [4.69, 9.17) is 4.74 Å². The van der Waals surface area contributed by atoms with Crippen LogP contribution in [0.2, 0.25) is 0 Å². The summed E-state index contributed by atoms with van der Waals surface area (Å²) in [5.41, 5.74) is -3.55. The summed E-state index contributed by atoms with van der Waals surface area (Å²) in [6.07, 6.45) is -0.622. The van der Waals surface area contributed by atoms with Crippen LogP contribution in [0.25, 0.3) is 0 Å². The van der Waals surface area contributed by atoms with Gasteiger partial charge in [0, 0.05) is 5.75 Å². The Hall–Kier alpha value is -0.880. The number of rotatable bonds is 5. The lowest BCUT2D eigenvalue weighted by atomic mass is 10.1. The van der Waals surface area contributed by atoms with Crippen LogP contribution >= 0.6 is 11.8 Å². The highest BCUT2D eigenvalue weighted by Gasteiger charge is 2.27. The summed E-state index contributed by atoms with van der Waals surface area (Å²) in [6.45, 7) is 1.59. The van der Waals surface area contributed by atoms with Crippen LogP contribution in [-0.4, -0.2) is 23.0 Å². The van der Waals surface area contributed by atoms with Crippen LogP contribution < -0.4 is 4.74 Å². The lowest BCUT2D eigenvalue weighted by Crippen LogP contribution is -2.07. The average molecular weight is 266 g/mol. The molecule has 0 radical (unpaired) electrons. The van der Waals surface area contributed by atoms with E-state index in [0.717, 1.165) is 0 Å². The Kier molecular flexibility index (Phi) is 5.14. The van der Waals surface area contributed by atoms with Crippen molar-refractivity contribution in [3.8, 4) is 5.75 Å². The largest absolute Gasteiger partial charge is 0.493 e. The highest BCUT2D eigenvalue weighted by atomic mass is 32.2. The summed E-state index contributed by atoms with van der Waals surface area (Å²) in [5, 5.41) is 9.32. The van der Waals surface area contributed by atoms with Crippen molar-refractivity contribution in [1.82, 2.24) is 0 Å². The Morgan fingerprint density at radius 2 is 2.12 bits per heavy atom. The molecule has 0 heterocycles. The minimum atomic E-state index is -4.22. The molecule has 1 unspecified atom stereocenters. The first-order chi connectivity index (χ1) is 7.88. The molecule has 1 atom stereocenters. The van der Waals surface area contributed by atoms with Crippen LogP contribution in [0.3, 0.4) is 0 Å². The Morgan fingerprint density at radius 3 is 2.71 bits per heavy atom. The molecular weight excluding hydrogens is 253 g/mol. The first kappa shape index (κ1) is 14.2. The fourth-order valence-electron chi connectivity index (χ4n) is 1.18. The van der Waals surface area contributed by atoms with E-state index in [0.29, 0.717) is 11.3 Å². The number of alkyl halides is 3. The topological polar surface area (TPSA) is 29.5 Å². The van der Waals surface area contributed by atoms with E-state index >= 15 is 0 Å². The van der Waals surface area contributed by atoms with Gasteiger partial charge in [0.15, 0.2) is 0 Å². The standard InChI is InChI=1S/C11H13F3O2S/c1-8(15)9-3-2-4-10(7-9)16-5-6-17-11(12,13)14/h2-4,7-8,15H,5-6H2,1H3. The third kappa shape index (κ3) is 5.83. The number of hydrogen-bond acceptors (Lipinski definition) is 3. The third-order valence-corrected chi connectivity index (χ3v) is 2.66. The van der Waals surface area contributed by atoms with Crippen molar-refractivity contribution < 1.29 is 23.0 Å².